The van der Waals surface area contributed by atoms with Crippen molar-refractivity contribution < 1.29 is 9.47 Å². The van der Waals surface area contributed by atoms with E-state index in [2.05, 4.69) is 11.0 Å². The molecular weight excluding hydrogens is 342 g/mol. The summed E-state index contributed by atoms with van der Waals surface area (Å²) in [7, 11) is 0. The second-order valence-corrected chi connectivity index (χ2v) is 7.29. The Balaban J connectivity index is 1.60. The molecular formula is C20H23N5O2. The normalized spacial score (nSPS) is 24.7. The minimum Gasteiger partial charge on any atom is -0.399 e. The van der Waals surface area contributed by atoms with Gasteiger partial charge in [-0.25, -0.2) is 4.98 Å². The number of hydrogen-bond donors (Lipinski definition) is 1. The van der Waals surface area contributed by atoms with Crippen molar-refractivity contribution in [1.29, 1.82) is 0 Å². The average Bonchev–Trinajstić information content (AvgIpc) is 2.97. The number of nitrogens with two attached hydrogens (primary N) is 1. The first-order chi connectivity index (χ1) is 13.3. The largest absolute Gasteiger partial charge is 0.399 e. The molecule has 1 aromatic carbocycles. The van der Waals surface area contributed by atoms with Crippen LogP contribution in [0, 0.1) is 0 Å². The lowest BCUT2D eigenvalue weighted by Gasteiger charge is -2.34. The molecule has 2 unspecified atom stereocenters. The molecule has 1 aromatic heterocycles. The van der Waals surface area contributed by atoms with Crippen molar-refractivity contribution in [3.63, 3.8) is 0 Å². The molecule has 0 spiro atoms. The molecule has 2 N–H and O–H groups in total. The minimum atomic E-state index is 0.349. The third kappa shape index (κ3) is 3.17. The zero-order valence-electron chi connectivity index (χ0n) is 15.2. The first-order valence-electron chi connectivity index (χ1n) is 9.53. The second-order valence-electron chi connectivity index (χ2n) is 7.29. The van der Waals surface area contributed by atoms with Crippen molar-refractivity contribution in [2.24, 2.45) is 0 Å². The molecule has 2 atom stereocenters. The molecule has 7 nitrogen and oxygen atoms in total. The molecule has 2 aromatic rings. The number of anilines is 2. The van der Waals surface area contributed by atoms with Crippen LogP contribution in [0.4, 0.5) is 11.6 Å². The van der Waals surface area contributed by atoms with Crippen molar-refractivity contribution in [2.75, 3.05) is 37.1 Å². The molecule has 5 rings (SSSR count). The summed E-state index contributed by atoms with van der Waals surface area (Å²) in [6, 6.07) is 8.38. The van der Waals surface area contributed by atoms with E-state index in [1.165, 1.54) is 0 Å². The van der Waals surface area contributed by atoms with Crippen molar-refractivity contribution in [2.45, 2.75) is 31.3 Å². The maximum absolute atomic E-state index is 5.84. The van der Waals surface area contributed by atoms with Crippen LogP contribution in [-0.4, -0.2) is 53.5 Å². The summed E-state index contributed by atoms with van der Waals surface area (Å²) in [4.78, 5) is 16.8. The van der Waals surface area contributed by atoms with Crippen molar-refractivity contribution >= 4 is 17.2 Å². The molecule has 2 bridgehead atoms. The quantitative estimate of drug-likeness (QED) is 0.835. The summed E-state index contributed by atoms with van der Waals surface area (Å²) in [5.74, 6) is 2.20. The summed E-state index contributed by atoms with van der Waals surface area (Å²) in [5.41, 5.74) is 8.65. The third-order valence-electron chi connectivity index (χ3n) is 5.51. The van der Waals surface area contributed by atoms with Gasteiger partial charge in [0.25, 0.3) is 0 Å². The highest BCUT2D eigenvalue weighted by atomic mass is 16.5. The summed E-state index contributed by atoms with van der Waals surface area (Å²) in [6.45, 7) is 2.79. The Morgan fingerprint density at radius 1 is 0.926 bits per heavy atom. The van der Waals surface area contributed by atoms with E-state index in [-0.39, 0.29) is 0 Å². The monoisotopic (exact) mass is 365 g/mol. The predicted octanol–water partition coefficient (Wildman–Crippen LogP) is 2.29. The van der Waals surface area contributed by atoms with Gasteiger partial charge < -0.3 is 20.1 Å². The van der Waals surface area contributed by atoms with E-state index in [1.807, 2.05) is 24.3 Å². The van der Waals surface area contributed by atoms with Gasteiger partial charge in [0, 0.05) is 11.3 Å². The number of nitrogen functional groups attached to an aromatic ring is 1. The first kappa shape index (κ1) is 16.6. The summed E-state index contributed by atoms with van der Waals surface area (Å²) in [5, 5.41) is 0. The molecule has 140 valence electrons. The van der Waals surface area contributed by atoms with Crippen LogP contribution in [0.3, 0.4) is 0 Å². The second kappa shape index (κ2) is 6.90. The molecule has 3 aliphatic heterocycles. The number of rotatable bonds is 3. The van der Waals surface area contributed by atoms with E-state index < -0.39 is 0 Å². The standard InChI is InChI=1S/C20H23N5O2/c21-15-3-1-13(2-4-15)18-22-19(14-7-9-26-10-8-14)24-20(23-18)25-16-5-6-17(25)12-27-11-16/h1-4,7,16-17H,5-6,8-12,21H2. The van der Waals surface area contributed by atoms with Gasteiger partial charge in [0.2, 0.25) is 5.95 Å². The Bertz CT molecular complexity index is 851. The Morgan fingerprint density at radius 2 is 1.67 bits per heavy atom. The van der Waals surface area contributed by atoms with Crippen LogP contribution in [0.2, 0.25) is 0 Å². The van der Waals surface area contributed by atoms with Crippen LogP contribution in [0.15, 0.2) is 30.3 Å². The van der Waals surface area contributed by atoms with Gasteiger partial charge >= 0.3 is 0 Å². The fourth-order valence-corrected chi connectivity index (χ4v) is 4.07. The Morgan fingerprint density at radius 3 is 2.37 bits per heavy atom. The van der Waals surface area contributed by atoms with E-state index in [0.29, 0.717) is 31.1 Å². The summed E-state index contributed by atoms with van der Waals surface area (Å²) < 4.78 is 11.2. The summed E-state index contributed by atoms with van der Waals surface area (Å²) >= 11 is 0. The Labute approximate surface area is 158 Å². The molecule has 2 saturated heterocycles. The van der Waals surface area contributed by atoms with Crippen LogP contribution < -0.4 is 10.6 Å². The van der Waals surface area contributed by atoms with Crippen LogP contribution in [0.5, 0.6) is 0 Å². The highest BCUT2D eigenvalue weighted by molar-refractivity contribution is 5.66. The van der Waals surface area contributed by atoms with Gasteiger partial charge in [0.15, 0.2) is 11.6 Å². The van der Waals surface area contributed by atoms with Gasteiger partial charge in [-0.15, -0.1) is 0 Å². The zero-order valence-corrected chi connectivity index (χ0v) is 15.2. The van der Waals surface area contributed by atoms with Gasteiger partial charge in [0.05, 0.1) is 38.5 Å². The number of nitrogens with zero attached hydrogens (tertiary/aromatic N) is 4. The SMILES string of the molecule is Nc1ccc(-c2nc(C3=CCOCC3)nc(N3C4CCC3COC4)n2)cc1. The van der Waals surface area contributed by atoms with Crippen LogP contribution >= 0.6 is 0 Å². The van der Waals surface area contributed by atoms with Crippen molar-refractivity contribution in [3.8, 4) is 11.4 Å². The average molecular weight is 365 g/mol. The van der Waals surface area contributed by atoms with Crippen molar-refractivity contribution in [1.82, 2.24) is 15.0 Å². The number of fused-ring (bicyclic) bond motifs is 2. The topological polar surface area (TPSA) is 86.4 Å². The Hall–Kier alpha value is -2.51. The van der Waals surface area contributed by atoms with E-state index in [4.69, 9.17) is 30.2 Å². The van der Waals surface area contributed by atoms with E-state index in [0.717, 1.165) is 61.1 Å². The third-order valence-corrected chi connectivity index (χ3v) is 5.51. The summed E-state index contributed by atoms with van der Waals surface area (Å²) in [6.07, 6.45) is 5.14. The van der Waals surface area contributed by atoms with Crippen molar-refractivity contribution in [3.05, 3.63) is 36.2 Å². The fraction of sp³-hybridized carbons (Fsp3) is 0.450. The molecule has 0 amide bonds. The molecule has 0 radical (unpaired) electrons. The van der Waals surface area contributed by atoms with Crippen LogP contribution in [0.25, 0.3) is 17.0 Å². The van der Waals surface area contributed by atoms with E-state index >= 15 is 0 Å². The number of ether oxygens (including phenoxy) is 2. The lowest BCUT2D eigenvalue weighted by atomic mass is 10.1. The molecule has 3 aliphatic rings. The smallest absolute Gasteiger partial charge is 0.230 e. The molecule has 7 heteroatoms. The van der Waals surface area contributed by atoms with Gasteiger partial charge in [-0.3, -0.25) is 0 Å². The van der Waals surface area contributed by atoms with Gasteiger partial charge in [-0.05, 0) is 49.1 Å². The number of aromatic nitrogens is 3. The van der Waals surface area contributed by atoms with Crippen LogP contribution in [-0.2, 0) is 9.47 Å². The zero-order chi connectivity index (χ0) is 18.2. The highest BCUT2D eigenvalue weighted by Gasteiger charge is 2.39. The van der Waals surface area contributed by atoms with Crippen LogP contribution in [0.1, 0.15) is 25.1 Å². The maximum Gasteiger partial charge on any atom is 0.230 e. The van der Waals surface area contributed by atoms with Gasteiger partial charge in [-0.1, -0.05) is 6.08 Å². The molecule has 4 heterocycles. The van der Waals surface area contributed by atoms with E-state index in [1.54, 1.807) is 0 Å². The number of hydrogen-bond acceptors (Lipinski definition) is 7. The maximum atomic E-state index is 5.84. The number of morpholine rings is 1. The predicted molar refractivity (Wildman–Crippen MR) is 103 cm³/mol. The lowest BCUT2D eigenvalue weighted by Crippen LogP contribution is -2.47. The highest BCUT2D eigenvalue weighted by Crippen LogP contribution is 2.33. The Kier molecular flexibility index (Phi) is 4.26. The molecule has 0 aliphatic carbocycles. The van der Waals surface area contributed by atoms with Gasteiger partial charge in [-0.2, -0.15) is 9.97 Å². The fourth-order valence-electron chi connectivity index (χ4n) is 4.07. The molecule has 0 saturated carbocycles. The number of benzene rings is 1. The minimum absolute atomic E-state index is 0.349. The lowest BCUT2D eigenvalue weighted by molar-refractivity contribution is 0.0897. The van der Waals surface area contributed by atoms with E-state index in [9.17, 15) is 0 Å². The first-order valence-corrected chi connectivity index (χ1v) is 9.53. The van der Waals surface area contributed by atoms with Gasteiger partial charge in [0.1, 0.15) is 0 Å². The molecule has 2 fully saturated rings. The molecule has 27 heavy (non-hydrogen) atoms.